The minimum Gasteiger partial charge on any atom is -0.393 e. The van der Waals surface area contributed by atoms with E-state index in [2.05, 4.69) is 17.6 Å². The average molecular weight is 377 g/mol. The van der Waals surface area contributed by atoms with E-state index in [9.17, 15) is 15.0 Å². The van der Waals surface area contributed by atoms with E-state index in [-0.39, 0.29) is 12.0 Å². The summed E-state index contributed by atoms with van der Waals surface area (Å²) in [6.45, 7) is 2.88. The molecule has 5 nitrogen and oxygen atoms in total. The van der Waals surface area contributed by atoms with Crippen LogP contribution in [0, 0.1) is 0 Å². The Labute approximate surface area is 163 Å². The maximum Gasteiger partial charge on any atom is 0.244 e. The summed E-state index contributed by atoms with van der Waals surface area (Å²) in [4.78, 5) is 12.1. The topological polar surface area (TPSA) is 81.6 Å². The van der Waals surface area contributed by atoms with Crippen LogP contribution in [0.25, 0.3) is 0 Å². The van der Waals surface area contributed by atoms with E-state index < -0.39 is 12.1 Å². The molecule has 1 aliphatic heterocycles. The van der Waals surface area contributed by atoms with Crippen LogP contribution in [0.15, 0.2) is 24.3 Å². The summed E-state index contributed by atoms with van der Waals surface area (Å²) in [5, 5.41) is 25.7. The third-order valence-corrected chi connectivity index (χ3v) is 5.34. The number of aliphatic hydroxyl groups is 2. The summed E-state index contributed by atoms with van der Waals surface area (Å²) in [5.41, 5.74) is 1.96. The van der Waals surface area contributed by atoms with E-state index in [4.69, 9.17) is 0 Å². The molecule has 1 aromatic rings. The van der Waals surface area contributed by atoms with Gasteiger partial charge in [-0.1, -0.05) is 51.2 Å². The van der Waals surface area contributed by atoms with Crippen molar-refractivity contribution in [2.75, 3.05) is 11.9 Å². The van der Waals surface area contributed by atoms with Gasteiger partial charge in [-0.05, 0) is 56.3 Å². The SMILES string of the molecule is CCCCCCCC(O)CCCc1ccc(NC(=O)C2NCC[C@@H]2O)cc1. The van der Waals surface area contributed by atoms with Crippen LogP contribution >= 0.6 is 0 Å². The van der Waals surface area contributed by atoms with Crippen molar-refractivity contribution < 1.29 is 15.0 Å². The first kappa shape index (κ1) is 21.9. The number of hydrogen-bond donors (Lipinski definition) is 4. The number of amides is 1. The molecule has 1 heterocycles. The van der Waals surface area contributed by atoms with E-state index in [1.165, 1.54) is 31.2 Å². The monoisotopic (exact) mass is 376 g/mol. The molecule has 0 aromatic heterocycles. The highest BCUT2D eigenvalue weighted by Gasteiger charge is 2.30. The van der Waals surface area contributed by atoms with E-state index in [1.807, 2.05) is 24.3 Å². The lowest BCUT2D eigenvalue weighted by molar-refractivity contribution is -0.119. The number of anilines is 1. The summed E-state index contributed by atoms with van der Waals surface area (Å²) >= 11 is 0. The van der Waals surface area contributed by atoms with Gasteiger partial charge in [-0.3, -0.25) is 4.79 Å². The molecule has 0 aliphatic carbocycles. The molecule has 5 heteroatoms. The van der Waals surface area contributed by atoms with Crippen molar-refractivity contribution in [3.63, 3.8) is 0 Å². The highest BCUT2D eigenvalue weighted by atomic mass is 16.3. The molecule has 1 saturated heterocycles. The van der Waals surface area contributed by atoms with Gasteiger partial charge in [-0.2, -0.15) is 0 Å². The number of nitrogens with one attached hydrogen (secondary N) is 2. The van der Waals surface area contributed by atoms with Crippen molar-refractivity contribution in [3.05, 3.63) is 29.8 Å². The van der Waals surface area contributed by atoms with Crippen molar-refractivity contribution in [2.45, 2.75) is 89.4 Å². The van der Waals surface area contributed by atoms with Crippen LogP contribution in [0.3, 0.4) is 0 Å². The van der Waals surface area contributed by atoms with Gasteiger partial charge in [0.25, 0.3) is 0 Å². The number of benzene rings is 1. The lowest BCUT2D eigenvalue weighted by Crippen LogP contribution is -2.42. The number of carbonyl (C=O) groups excluding carboxylic acids is 1. The molecule has 1 aliphatic rings. The van der Waals surface area contributed by atoms with Gasteiger partial charge in [0, 0.05) is 5.69 Å². The Hall–Kier alpha value is -1.43. The van der Waals surface area contributed by atoms with Crippen molar-refractivity contribution in [1.82, 2.24) is 5.32 Å². The second-order valence-electron chi connectivity index (χ2n) is 7.72. The van der Waals surface area contributed by atoms with Crippen LogP contribution < -0.4 is 10.6 Å². The quantitative estimate of drug-likeness (QED) is 0.422. The van der Waals surface area contributed by atoms with Crippen LogP contribution in [0.2, 0.25) is 0 Å². The Kier molecular flexibility index (Phi) is 9.81. The molecular formula is C22H36N2O3. The molecule has 1 fully saturated rings. The molecule has 27 heavy (non-hydrogen) atoms. The summed E-state index contributed by atoms with van der Waals surface area (Å²) in [5.74, 6) is -0.185. The molecule has 0 bridgehead atoms. The number of carbonyl (C=O) groups is 1. The van der Waals surface area contributed by atoms with Gasteiger partial charge in [0.2, 0.25) is 5.91 Å². The number of unbranched alkanes of at least 4 members (excludes halogenated alkanes) is 4. The van der Waals surface area contributed by atoms with Crippen LogP contribution in [-0.2, 0) is 11.2 Å². The molecular weight excluding hydrogens is 340 g/mol. The fraction of sp³-hybridized carbons (Fsp3) is 0.682. The first-order chi connectivity index (χ1) is 13.1. The minimum absolute atomic E-state index is 0.185. The molecule has 2 rings (SSSR count). The minimum atomic E-state index is -0.609. The van der Waals surface area contributed by atoms with E-state index in [1.54, 1.807) is 0 Å². The smallest absolute Gasteiger partial charge is 0.244 e. The summed E-state index contributed by atoms with van der Waals surface area (Å²) < 4.78 is 0. The number of rotatable bonds is 12. The normalized spacial score (nSPS) is 20.6. The molecule has 0 saturated carbocycles. The van der Waals surface area contributed by atoms with Gasteiger partial charge < -0.3 is 20.8 Å². The zero-order chi connectivity index (χ0) is 19.5. The van der Waals surface area contributed by atoms with Gasteiger partial charge in [0.1, 0.15) is 6.04 Å². The maximum atomic E-state index is 12.1. The van der Waals surface area contributed by atoms with Gasteiger partial charge in [0.15, 0.2) is 0 Å². The van der Waals surface area contributed by atoms with E-state index in [0.29, 0.717) is 13.0 Å². The fourth-order valence-electron chi connectivity index (χ4n) is 3.60. The molecule has 2 unspecified atom stereocenters. The van der Waals surface area contributed by atoms with E-state index in [0.717, 1.165) is 37.8 Å². The number of aliphatic hydroxyl groups excluding tert-OH is 2. The molecule has 3 atom stereocenters. The van der Waals surface area contributed by atoms with Crippen molar-refractivity contribution in [2.24, 2.45) is 0 Å². The Morgan fingerprint density at radius 2 is 1.85 bits per heavy atom. The standard InChI is InChI=1S/C22H36N2O3/c1-2-3-4-5-6-9-19(25)10-7-8-17-11-13-18(14-12-17)24-22(27)21-20(26)15-16-23-21/h11-14,19-21,23,25-26H,2-10,15-16H2,1H3,(H,24,27)/t19?,20-,21?/m0/s1. The summed E-state index contributed by atoms with van der Waals surface area (Å²) in [7, 11) is 0. The Morgan fingerprint density at radius 1 is 1.15 bits per heavy atom. The summed E-state index contributed by atoms with van der Waals surface area (Å²) in [6.07, 6.45) is 9.67. The van der Waals surface area contributed by atoms with E-state index >= 15 is 0 Å². The zero-order valence-electron chi connectivity index (χ0n) is 16.6. The van der Waals surface area contributed by atoms with Crippen LogP contribution in [0.4, 0.5) is 5.69 Å². The van der Waals surface area contributed by atoms with Crippen molar-refractivity contribution in [1.29, 1.82) is 0 Å². The molecule has 4 N–H and O–H groups in total. The van der Waals surface area contributed by atoms with Gasteiger partial charge in [-0.25, -0.2) is 0 Å². The lowest BCUT2D eigenvalue weighted by Gasteiger charge is -2.15. The second kappa shape index (κ2) is 12.1. The van der Waals surface area contributed by atoms with Gasteiger partial charge in [-0.15, -0.1) is 0 Å². The highest BCUT2D eigenvalue weighted by Crippen LogP contribution is 2.16. The third-order valence-electron chi connectivity index (χ3n) is 5.34. The second-order valence-corrected chi connectivity index (χ2v) is 7.72. The molecule has 152 valence electrons. The first-order valence-corrected chi connectivity index (χ1v) is 10.6. The predicted molar refractivity (Wildman–Crippen MR) is 110 cm³/mol. The van der Waals surface area contributed by atoms with Crippen molar-refractivity contribution in [3.8, 4) is 0 Å². The Balaban J connectivity index is 1.63. The van der Waals surface area contributed by atoms with Crippen molar-refractivity contribution >= 4 is 11.6 Å². The summed E-state index contributed by atoms with van der Waals surface area (Å²) in [6, 6.07) is 7.32. The maximum absolute atomic E-state index is 12.1. The molecule has 0 radical (unpaired) electrons. The molecule has 1 aromatic carbocycles. The predicted octanol–water partition coefficient (Wildman–Crippen LogP) is 3.39. The lowest BCUT2D eigenvalue weighted by atomic mass is 10.0. The van der Waals surface area contributed by atoms with Crippen LogP contribution in [0.1, 0.15) is 70.3 Å². The average Bonchev–Trinajstić information content (AvgIpc) is 3.09. The van der Waals surface area contributed by atoms with Crippen LogP contribution in [0.5, 0.6) is 0 Å². The first-order valence-electron chi connectivity index (χ1n) is 10.6. The Bertz CT molecular complexity index is 547. The number of hydrogen-bond acceptors (Lipinski definition) is 4. The molecule has 1 amide bonds. The zero-order valence-corrected chi connectivity index (χ0v) is 16.6. The molecule has 0 spiro atoms. The largest absolute Gasteiger partial charge is 0.393 e. The van der Waals surface area contributed by atoms with Gasteiger partial charge >= 0.3 is 0 Å². The highest BCUT2D eigenvalue weighted by molar-refractivity contribution is 5.95. The third kappa shape index (κ3) is 7.99. The van der Waals surface area contributed by atoms with Gasteiger partial charge in [0.05, 0.1) is 12.2 Å². The number of aryl methyl sites for hydroxylation is 1. The fourth-order valence-corrected chi connectivity index (χ4v) is 3.60. The van der Waals surface area contributed by atoms with Crippen LogP contribution in [-0.4, -0.2) is 40.9 Å². The Morgan fingerprint density at radius 3 is 2.52 bits per heavy atom.